The first-order valence-corrected chi connectivity index (χ1v) is 8.44. The third-order valence-corrected chi connectivity index (χ3v) is 4.71. The number of phenolic OH excluding ortho intramolecular Hbond substituents is 1. The average molecular weight is 426 g/mol. The minimum absolute atomic E-state index is 0.000732. The quantitative estimate of drug-likeness (QED) is 0.695. The summed E-state index contributed by atoms with van der Waals surface area (Å²) in [5.74, 6) is 0.537. The van der Waals surface area contributed by atoms with E-state index in [1.807, 2.05) is 6.07 Å². The Labute approximate surface area is 156 Å². The van der Waals surface area contributed by atoms with Crippen molar-refractivity contribution in [2.75, 3.05) is 0 Å². The molecule has 0 spiro atoms. The molecule has 130 valence electrons. The molecule has 0 aliphatic heterocycles. The summed E-state index contributed by atoms with van der Waals surface area (Å²) in [4.78, 5) is 12.1. The van der Waals surface area contributed by atoms with Gasteiger partial charge in [0.1, 0.15) is 18.1 Å². The van der Waals surface area contributed by atoms with E-state index in [1.165, 1.54) is 17.8 Å². The van der Waals surface area contributed by atoms with Crippen molar-refractivity contribution >= 4 is 27.5 Å². The highest BCUT2D eigenvalue weighted by molar-refractivity contribution is 9.10. The van der Waals surface area contributed by atoms with E-state index in [-0.39, 0.29) is 23.1 Å². The van der Waals surface area contributed by atoms with Crippen LogP contribution in [0, 0.1) is 6.92 Å². The normalized spacial score (nSPS) is 10.9. The number of ether oxygens (including phenoxy) is 1. The van der Waals surface area contributed by atoms with Gasteiger partial charge in [-0.3, -0.25) is 0 Å². The van der Waals surface area contributed by atoms with E-state index in [0.29, 0.717) is 11.4 Å². The second kappa shape index (κ2) is 6.89. The second-order valence-corrected chi connectivity index (χ2v) is 6.65. The van der Waals surface area contributed by atoms with Gasteiger partial charge in [0.2, 0.25) is 0 Å². The molecule has 0 aliphatic rings. The fraction of sp³-hybridized carbons (Fsp3) is 0.188. The number of aryl methyl sites for hydroxylation is 2. The lowest BCUT2D eigenvalue weighted by atomic mass is 10.2. The predicted molar refractivity (Wildman–Crippen MR) is 96.5 cm³/mol. The van der Waals surface area contributed by atoms with Gasteiger partial charge in [-0.2, -0.15) is 9.36 Å². The number of hydrogen-bond donors (Lipinski definition) is 1. The second-order valence-electron chi connectivity index (χ2n) is 5.39. The van der Waals surface area contributed by atoms with Crippen LogP contribution < -0.4 is 10.4 Å². The molecule has 1 N–H and O–H groups in total. The molecule has 0 radical (unpaired) electrons. The van der Waals surface area contributed by atoms with Crippen LogP contribution in [0.4, 0.5) is 0 Å². The molecule has 25 heavy (non-hydrogen) atoms. The zero-order valence-corrected chi connectivity index (χ0v) is 15.7. The van der Waals surface area contributed by atoms with E-state index in [1.54, 1.807) is 25.1 Å². The number of phenols is 1. The molecule has 7 nitrogen and oxygen atoms in total. The maximum absolute atomic E-state index is 12.1. The summed E-state index contributed by atoms with van der Waals surface area (Å²) in [6.45, 7) is 1.97. The molecule has 0 saturated carbocycles. The minimum Gasteiger partial charge on any atom is -0.506 e. The van der Waals surface area contributed by atoms with Crippen LogP contribution in [-0.2, 0) is 13.7 Å². The Morgan fingerprint density at radius 1 is 1.32 bits per heavy atom. The van der Waals surface area contributed by atoms with Crippen LogP contribution in [0.5, 0.6) is 11.5 Å². The lowest BCUT2D eigenvalue weighted by Crippen LogP contribution is -2.23. The monoisotopic (exact) mass is 424 g/mol. The molecule has 0 unspecified atom stereocenters. The van der Waals surface area contributed by atoms with E-state index >= 15 is 0 Å². The maximum Gasteiger partial charge on any atom is 0.368 e. The topological polar surface area (TPSA) is 82.2 Å². The van der Waals surface area contributed by atoms with Crippen LogP contribution >= 0.6 is 27.5 Å². The van der Waals surface area contributed by atoms with Gasteiger partial charge >= 0.3 is 5.69 Å². The highest BCUT2D eigenvalue weighted by Crippen LogP contribution is 2.32. The van der Waals surface area contributed by atoms with Gasteiger partial charge in [0.15, 0.2) is 0 Å². The van der Waals surface area contributed by atoms with Gasteiger partial charge in [0, 0.05) is 23.2 Å². The van der Waals surface area contributed by atoms with Crippen LogP contribution in [0.25, 0.3) is 5.69 Å². The van der Waals surface area contributed by atoms with Crippen LogP contribution in [0.3, 0.4) is 0 Å². The molecule has 3 aromatic rings. The number of hydrogen-bond acceptors (Lipinski definition) is 5. The molecule has 9 heteroatoms. The number of halogens is 2. The molecule has 3 rings (SSSR count). The van der Waals surface area contributed by atoms with E-state index in [9.17, 15) is 9.90 Å². The molecule has 1 heterocycles. The number of aromatic nitrogens is 4. The summed E-state index contributed by atoms with van der Waals surface area (Å²) in [5, 5.41) is 17.4. The molecule has 0 aliphatic carbocycles. The standard InChI is InChI=1S/C16H14BrClN4O3/c1-9-6-14(23)12(18)7-15(9)25-8-10-11(17)4-3-5-13(10)22-16(24)21(2)19-20-22/h3-7,23H,8H2,1-2H3. The van der Waals surface area contributed by atoms with Gasteiger partial charge in [-0.25, -0.2) is 4.79 Å². The van der Waals surface area contributed by atoms with Crippen LogP contribution in [0.1, 0.15) is 11.1 Å². The van der Waals surface area contributed by atoms with Crippen LogP contribution in [0.15, 0.2) is 39.6 Å². The highest BCUT2D eigenvalue weighted by Gasteiger charge is 2.15. The fourth-order valence-corrected chi connectivity index (χ4v) is 2.93. The minimum atomic E-state index is -0.358. The molecule has 0 atom stereocenters. The van der Waals surface area contributed by atoms with Gasteiger partial charge in [-0.15, -0.1) is 0 Å². The third kappa shape index (κ3) is 3.40. The van der Waals surface area contributed by atoms with Crippen LogP contribution in [-0.4, -0.2) is 24.9 Å². The van der Waals surface area contributed by atoms with Crippen molar-refractivity contribution in [2.45, 2.75) is 13.5 Å². The largest absolute Gasteiger partial charge is 0.506 e. The zero-order chi connectivity index (χ0) is 18.1. The van der Waals surface area contributed by atoms with Gasteiger partial charge in [-0.1, -0.05) is 33.6 Å². The summed E-state index contributed by atoms with van der Waals surface area (Å²) >= 11 is 9.42. The van der Waals surface area contributed by atoms with E-state index in [0.717, 1.165) is 20.3 Å². The number of tetrazole rings is 1. The van der Waals surface area contributed by atoms with Gasteiger partial charge < -0.3 is 9.84 Å². The molecule has 0 saturated heterocycles. The molecular weight excluding hydrogens is 412 g/mol. The Morgan fingerprint density at radius 2 is 2.08 bits per heavy atom. The zero-order valence-electron chi connectivity index (χ0n) is 13.4. The molecular formula is C16H14BrClN4O3. The molecule has 2 aromatic carbocycles. The predicted octanol–water partition coefficient (Wildman–Crippen LogP) is 2.97. The molecule has 0 amide bonds. The van der Waals surface area contributed by atoms with Crippen molar-refractivity contribution < 1.29 is 9.84 Å². The van der Waals surface area contributed by atoms with Gasteiger partial charge in [0.25, 0.3) is 0 Å². The van der Waals surface area contributed by atoms with Crippen molar-refractivity contribution in [3.05, 3.63) is 61.4 Å². The third-order valence-electron chi connectivity index (χ3n) is 3.66. The summed E-state index contributed by atoms with van der Waals surface area (Å²) in [6, 6.07) is 8.49. The first kappa shape index (κ1) is 17.5. The Balaban J connectivity index is 1.97. The van der Waals surface area contributed by atoms with Crippen molar-refractivity contribution in [3.8, 4) is 17.2 Å². The summed E-state index contributed by atoms with van der Waals surface area (Å²) in [7, 11) is 1.53. The summed E-state index contributed by atoms with van der Waals surface area (Å²) < 4.78 is 8.98. The highest BCUT2D eigenvalue weighted by atomic mass is 79.9. The Bertz CT molecular complexity index is 1000. The number of rotatable bonds is 4. The van der Waals surface area contributed by atoms with E-state index in [4.69, 9.17) is 16.3 Å². The summed E-state index contributed by atoms with van der Waals surface area (Å²) in [5.41, 5.74) is 1.68. The van der Waals surface area contributed by atoms with Gasteiger partial charge in [-0.05, 0) is 41.1 Å². The first-order valence-electron chi connectivity index (χ1n) is 7.27. The van der Waals surface area contributed by atoms with E-state index < -0.39 is 0 Å². The maximum atomic E-state index is 12.1. The molecule has 1 aromatic heterocycles. The SMILES string of the molecule is Cc1cc(O)c(Cl)cc1OCc1c(Br)cccc1-n1nnn(C)c1=O. The molecule has 0 bridgehead atoms. The van der Waals surface area contributed by atoms with Crippen molar-refractivity contribution in [3.63, 3.8) is 0 Å². The lowest BCUT2D eigenvalue weighted by Gasteiger charge is -2.14. The first-order chi connectivity index (χ1) is 11.9. The number of nitrogens with zero attached hydrogens (tertiary/aromatic N) is 4. The van der Waals surface area contributed by atoms with Crippen molar-refractivity contribution in [1.29, 1.82) is 0 Å². The van der Waals surface area contributed by atoms with Crippen molar-refractivity contribution in [2.24, 2.45) is 7.05 Å². The van der Waals surface area contributed by atoms with E-state index in [2.05, 4.69) is 26.4 Å². The molecule has 0 fully saturated rings. The van der Waals surface area contributed by atoms with Crippen molar-refractivity contribution in [1.82, 2.24) is 19.8 Å². The Hall–Kier alpha value is -2.32. The average Bonchev–Trinajstić information content (AvgIpc) is 2.90. The van der Waals surface area contributed by atoms with Crippen LogP contribution in [0.2, 0.25) is 5.02 Å². The number of benzene rings is 2. The summed E-state index contributed by atoms with van der Waals surface area (Å²) in [6.07, 6.45) is 0. The smallest absolute Gasteiger partial charge is 0.368 e. The Morgan fingerprint density at radius 3 is 2.76 bits per heavy atom. The van der Waals surface area contributed by atoms with Gasteiger partial charge in [0.05, 0.1) is 10.7 Å². The lowest BCUT2D eigenvalue weighted by molar-refractivity contribution is 0.302. The Kier molecular flexibility index (Phi) is 4.82. The fourth-order valence-electron chi connectivity index (χ4n) is 2.31. The number of aromatic hydroxyl groups is 1.